The van der Waals surface area contributed by atoms with Gasteiger partial charge in [-0.05, 0) is 44.8 Å². The molecule has 4 nitrogen and oxygen atoms in total. The zero-order chi connectivity index (χ0) is 11.2. The molecule has 0 spiro atoms. The van der Waals surface area contributed by atoms with Gasteiger partial charge in [0.1, 0.15) is 5.82 Å². The summed E-state index contributed by atoms with van der Waals surface area (Å²) in [5, 5.41) is 7.06. The second kappa shape index (κ2) is 6.01. The second-order valence-corrected chi connectivity index (χ2v) is 4.56. The molecular weight excluding hydrogens is 200 g/mol. The molecular formula is C12H22N4. The molecule has 4 heteroatoms. The van der Waals surface area contributed by atoms with Gasteiger partial charge >= 0.3 is 0 Å². The van der Waals surface area contributed by atoms with Crippen molar-refractivity contribution in [1.82, 2.24) is 20.6 Å². The van der Waals surface area contributed by atoms with Gasteiger partial charge in [0, 0.05) is 12.4 Å². The molecule has 0 radical (unpaired) electrons. The number of aromatic nitrogens is 2. The predicted octanol–water partition coefficient (Wildman–Crippen LogP) is 1.45. The number of rotatable bonds is 5. The molecule has 1 aromatic heterocycles. The van der Waals surface area contributed by atoms with Crippen LogP contribution in [0.15, 0.2) is 12.4 Å². The molecule has 90 valence electrons. The van der Waals surface area contributed by atoms with Gasteiger partial charge < -0.3 is 15.6 Å². The molecule has 2 atom stereocenters. The number of nitrogens with zero attached hydrogens (tertiary/aromatic N) is 1. The zero-order valence-electron chi connectivity index (χ0n) is 10.00. The summed E-state index contributed by atoms with van der Waals surface area (Å²) < 4.78 is 0. The molecule has 0 aliphatic carbocycles. The van der Waals surface area contributed by atoms with Gasteiger partial charge in [-0.3, -0.25) is 0 Å². The van der Waals surface area contributed by atoms with Crippen molar-refractivity contribution in [3.05, 3.63) is 18.2 Å². The highest BCUT2D eigenvalue weighted by atomic mass is 15.0. The SMILES string of the molecule is CCC(NCC1CCCNC1)c1ncc[nH]1. The molecule has 2 heterocycles. The van der Waals surface area contributed by atoms with E-state index < -0.39 is 0 Å². The Kier molecular flexibility index (Phi) is 4.36. The summed E-state index contributed by atoms with van der Waals surface area (Å²) in [7, 11) is 0. The predicted molar refractivity (Wildman–Crippen MR) is 65.2 cm³/mol. The van der Waals surface area contributed by atoms with Crippen LogP contribution < -0.4 is 10.6 Å². The van der Waals surface area contributed by atoms with Crippen LogP contribution in [0.3, 0.4) is 0 Å². The number of H-pyrrole nitrogens is 1. The molecule has 0 bridgehead atoms. The first-order valence-corrected chi connectivity index (χ1v) is 6.33. The first-order chi connectivity index (χ1) is 7.90. The number of nitrogens with one attached hydrogen (secondary N) is 3. The second-order valence-electron chi connectivity index (χ2n) is 4.56. The molecule has 2 unspecified atom stereocenters. The summed E-state index contributed by atoms with van der Waals surface area (Å²) in [5.41, 5.74) is 0. The molecule has 1 aliphatic heterocycles. The summed E-state index contributed by atoms with van der Waals surface area (Å²) in [5.74, 6) is 1.84. The van der Waals surface area contributed by atoms with Gasteiger partial charge in [-0.1, -0.05) is 6.92 Å². The number of hydrogen-bond acceptors (Lipinski definition) is 3. The van der Waals surface area contributed by atoms with Crippen molar-refractivity contribution >= 4 is 0 Å². The smallest absolute Gasteiger partial charge is 0.123 e. The van der Waals surface area contributed by atoms with E-state index in [9.17, 15) is 0 Å². The Labute approximate surface area is 97.2 Å². The van der Waals surface area contributed by atoms with E-state index in [1.165, 1.54) is 19.4 Å². The fourth-order valence-electron chi connectivity index (χ4n) is 2.31. The van der Waals surface area contributed by atoms with E-state index in [4.69, 9.17) is 0 Å². The van der Waals surface area contributed by atoms with E-state index in [-0.39, 0.29) is 0 Å². The van der Waals surface area contributed by atoms with Crippen LogP contribution in [0.1, 0.15) is 38.1 Å². The average Bonchev–Trinajstić information content (AvgIpc) is 2.85. The molecule has 1 saturated heterocycles. The first-order valence-electron chi connectivity index (χ1n) is 6.33. The zero-order valence-corrected chi connectivity index (χ0v) is 10.00. The molecule has 1 aliphatic rings. The molecule has 16 heavy (non-hydrogen) atoms. The van der Waals surface area contributed by atoms with Crippen molar-refractivity contribution in [2.45, 2.75) is 32.2 Å². The van der Waals surface area contributed by atoms with Crippen LogP contribution in [-0.2, 0) is 0 Å². The van der Waals surface area contributed by atoms with Crippen LogP contribution in [0, 0.1) is 5.92 Å². The van der Waals surface area contributed by atoms with Crippen molar-refractivity contribution in [3.63, 3.8) is 0 Å². The Morgan fingerprint density at radius 1 is 1.62 bits per heavy atom. The highest BCUT2D eigenvalue weighted by molar-refractivity contribution is 4.95. The first kappa shape index (κ1) is 11.6. The highest BCUT2D eigenvalue weighted by Crippen LogP contribution is 2.14. The number of hydrogen-bond donors (Lipinski definition) is 3. The Morgan fingerprint density at radius 3 is 3.19 bits per heavy atom. The maximum atomic E-state index is 4.32. The van der Waals surface area contributed by atoms with Crippen LogP contribution in [-0.4, -0.2) is 29.6 Å². The Bertz CT molecular complexity index is 277. The topological polar surface area (TPSA) is 52.7 Å². The van der Waals surface area contributed by atoms with Crippen LogP contribution in [0.5, 0.6) is 0 Å². The molecule has 2 rings (SSSR count). The van der Waals surface area contributed by atoms with Crippen molar-refractivity contribution in [2.75, 3.05) is 19.6 Å². The van der Waals surface area contributed by atoms with Gasteiger partial charge in [-0.25, -0.2) is 4.98 Å². The van der Waals surface area contributed by atoms with Crippen molar-refractivity contribution in [3.8, 4) is 0 Å². The Hall–Kier alpha value is -0.870. The average molecular weight is 222 g/mol. The van der Waals surface area contributed by atoms with Crippen LogP contribution in [0.4, 0.5) is 0 Å². The minimum atomic E-state index is 0.372. The maximum Gasteiger partial charge on any atom is 0.123 e. The number of imidazole rings is 1. The Morgan fingerprint density at radius 2 is 2.56 bits per heavy atom. The van der Waals surface area contributed by atoms with E-state index in [1.54, 1.807) is 0 Å². The minimum Gasteiger partial charge on any atom is -0.347 e. The third-order valence-corrected chi connectivity index (χ3v) is 3.31. The third kappa shape index (κ3) is 3.06. The molecule has 3 N–H and O–H groups in total. The molecule has 1 aromatic rings. The van der Waals surface area contributed by atoms with Gasteiger partial charge in [-0.15, -0.1) is 0 Å². The number of piperidine rings is 1. The molecule has 0 saturated carbocycles. The largest absolute Gasteiger partial charge is 0.347 e. The maximum absolute atomic E-state index is 4.32. The van der Waals surface area contributed by atoms with Crippen molar-refractivity contribution in [2.24, 2.45) is 5.92 Å². The lowest BCUT2D eigenvalue weighted by Crippen LogP contribution is -2.37. The van der Waals surface area contributed by atoms with Gasteiger partial charge in [0.15, 0.2) is 0 Å². The van der Waals surface area contributed by atoms with E-state index in [0.29, 0.717) is 6.04 Å². The number of aromatic amines is 1. The molecule has 1 fully saturated rings. The van der Waals surface area contributed by atoms with E-state index in [1.807, 2.05) is 12.4 Å². The highest BCUT2D eigenvalue weighted by Gasteiger charge is 2.16. The molecule has 0 amide bonds. The van der Waals surface area contributed by atoms with E-state index in [2.05, 4.69) is 27.5 Å². The lowest BCUT2D eigenvalue weighted by atomic mass is 9.99. The summed E-state index contributed by atoms with van der Waals surface area (Å²) in [6.07, 6.45) is 7.44. The fourth-order valence-corrected chi connectivity index (χ4v) is 2.31. The summed E-state index contributed by atoms with van der Waals surface area (Å²) in [6.45, 7) is 5.62. The van der Waals surface area contributed by atoms with Crippen LogP contribution in [0.2, 0.25) is 0 Å². The lowest BCUT2D eigenvalue weighted by Gasteiger charge is -2.25. The Balaban J connectivity index is 1.78. The van der Waals surface area contributed by atoms with Gasteiger partial charge in [0.25, 0.3) is 0 Å². The van der Waals surface area contributed by atoms with Gasteiger partial charge in [-0.2, -0.15) is 0 Å². The summed E-state index contributed by atoms with van der Waals surface area (Å²) in [6, 6.07) is 0.372. The van der Waals surface area contributed by atoms with Crippen LogP contribution >= 0.6 is 0 Å². The van der Waals surface area contributed by atoms with E-state index in [0.717, 1.165) is 31.3 Å². The summed E-state index contributed by atoms with van der Waals surface area (Å²) >= 11 is 0. The van der Waals surface area contributed by atoms with Gasteiger partial charge in [0.2, 0.25) is 0 Å². The minimum absolute atomic E-state index is 0.372. The van der Waals surface area contributed by atoms with E-state index >= 15 is 0 Å². The van der Waals surface area contributed by atoms with Crippen molar-refractivity contribution in [1.29, 1.82) is 0 Å². The quantitative estimate of drug-likeness (QED) is 0.707. The van der Waals surface area contributed by atoms with Crippen LogP contribution in [0.25, 0.3) is 0 Å². The fraction of sp³-hybridized carbons (Fsp3) is 0.750. The summed E-state index contributed by atoms with van der Waals surface area (Å²) in [4.78, 5) is 7.50. The normalized spacial score (nSPS) is 23.2. The third-order valence-electron chi connectivity index (χ3n) is 3.31. The lowest BCUT2D eigenvalue weighted by molar-refractivity contribution is 0.339. The molecule has 0 aromatic carbocycles. The standard InChI is InChI=1S/C12H22N4/c1-2-11(12-14-6-7-15-12)16-9-10-4-3-5-13-8-10/h6-7,10-11,13,16H,2-5,8-9H2,1H3,(H,14,15). The van der Waals surface area contributed by atoms with Gasteiger partial charge in [0.05, 0.1) is 6.04 Å². The monoisotopic (exact) mass is 222 g/mol. The van der Waals surface area contributed by atoms with Crippen molar-refractivity contribution < 1.29 is 0 Å².